The zero-order valence-corrected chi connectivity index (χ0v) is 21.9. The average molecular weight is 441 g/mol. The van der Waals surface area contributed by atoms with Crippen molar-refractivity contribution in [2.24, 2.45) is 10.8 Å². The van der Waals surface area contributed by atoms with Crippen LogP contribution in [-0.2, 0) is 20.4 Å². The molecule has 0 bridgehead atoms. The number of ether oxygens (including phenoxy) is 3. The standard InChI is InChI=1S/C28H40O4/c1-24(2,3)17-13-19(26(7,8)9)22-20(14-17)31-28(23(29)30-22)16-18(25(4,5)6)15-21(32-28)27(10,11)12/h13-16H,1-12H3/t28-/m1/s1. The normalized spacial score (nSPS) is 21.8. The fourth-order valence-electron chi connectivity index (χ4n) is 3.71. The average Bonchev–Trinajstić information content (AvgIpc) is 2.58. The van der Waals surface area contributed by atoms with Crippen LogP contribution in [0.3, 0.4) is 0 Å². The molecule has 0 N–H and O–H groups in total. The van der Waals surface area contributed by atoms with Crippen molar-refractivity contribution >= 4 is 5.97 Å². The summed E-state index contributed by atoms with van der Waals surface area (Å²) in [5, 5.41) is 0. The number of hydrogen-bond acceptors (Lipinski definition) is 4. The molecule has 0 aromatic heterocycles. The molecule has 1 spiro atoms. The molecular formula is C28H40O4. The van der Waals surface area contributed by atoms with Crippen LogP contribution < -0.4 is 9.47 Å². The highest BCUT2D eigenvalue weighted by atomic mass is 16.7. The molecule has 4 heteroatoms. The van der Waals surface area contributed by atoms with Gasteiger partial charge in [-0.15, -0.1) is 0 Å². The Bertz CT molecular complexity index is 998. The first-order valence-electron chi connectivity index (χ1n) is 11.5. The lowest BCUT2D eigenvalue weighted by atomic mass is 9.79. The molecule has 0 saturated carbocycles. The van der Waals surface area contributed by atoms with Crippen molar-refractivity contribution in [1.29, 1.82) is 0 Å². The van der Waals surface area contributed by atoms with Gasteiger partial charge >= 0.3 is 11.8 Å². The Morgan fingerprint density at radius 1 is 0.719 bits per heavy atom. The minimum Gasteiger partial charge on any atom is -0.444 e. The molecule has 32 heavy (non-hydrogen) atoms. The van der Waals surface area contributed by atoms with Gasteiger partial charge < -0.3 is 14.2 Å². The lowest BCUT2D eigenvalue weighted by molar-refractivity contribution is -0.192. The highest BCUT2D eigenvalue weighted by Crippen LogP contribution is 2.49. The van der Waals surface area contributed by atoms with E-state index in [-0.39, 0.29) is 21.7 Å². The van der Waals surface area contributed by atoms with Crippen molar-refractivity contribution in [3.63, 3.8) is 0 Å². The SMILES string of the molecule is CC(C)(C)C1=C[C@]2(OC(C(C)(C)C)=C1)Oc1cc(C(C)(C)C)cc(C(C)(C)C)c1OC2=O. The van der Waals surface area contributed by atoms with Gasteiger partial charge in [-0.05, 0) is 39.5 Å². The first-order valence-corrected chi connectivity index (χ1v) is 11.5. The van der Waals surface area contributed by atoms with E-state index in [1.54, 1.807) is 6.08 Å². The van der Waals surface area contributed by atoms with Crippen molar-refractivity contribution in [2.45, 2.75) is 99.7 Å². The second kappa shape index (κ2) is 7.13. The Morgan fingerprint density at radius 2 is 1.31 bits per heavy atom. The first-order chi connectivity index (χ1) is 14.2. The third-order valence-corrected chi connectivity index (χ3v) is 5.97. The molecule has 0 unspecified atom stereocenters. The maximum absolute atomic E-state index is 13.5. The topological polar surface area (TPSA) is 44.8 Å². The van der Waals surface area contributed by atoms with Crippen LogP contribution in [-0.4, -0.2) is 11.8 Å². The number of benzene rings is 1. The van der Waals surface area contributed by atoms with Gasteiger partial charge in [0.15, 0.2) is 11.5 Å². The molecule has 3 rings (SSSR count). The molecular weight excluding hydrogens is 400 g/mol. The lowest BCUT2D eigenvalue weighted by Crippen LogP contribution is -2.53. The maximum atomic E-state index is 13.5. The summed E-state index contributed by atoms with van der Waals surface area (Å²) in [4.78, 5) is 13.5. The molecule has 176 valence electrons. The van der Waals surface area contributed by atoms with Crippen molar-refractivity contribution in [3.8, 4) is 11.5 Å². The van der Waals surface area contributed by atoms with Crippen LogP contribution in [0.15, 0.2) is 35.6 Å². The molecule has 4 nitrogen and oxygen atoms in total. The van der Waals surface area contributed by atoms with Crippen molar-refractivity contribution < 1.29 is 19.0 Å². The van der Waals surface area contributed by atoms with E-state index < -0.39 is 11.8 Å². The number of allylic oxidation sites excluding steroid dienone is 3. The summed E-state index contributed by atoms with van der Waals surface area (Å²) in [6.07, 6.45) is 3.82. The number of hydrogen-bond donors (Lipinski definition) is 0. The van der Waals surface area contributed by atoms with E-state index in [1.165, 1.54) is 0 Å². The highest BCUT2D eigenvalue weighted by Gasteiger charge is 2.53. The first kappa shape index (κ1) is 24.4. The van der Waals surface area contributed by atoms with E-state index in [9.17, 15) is 4.79 Å². The van der Waals surface area contributed by atoms with Gasteiger partial charge in [-0.2, -0.15) is 0 Å². The Kier molecular flexibility index (Phi) is 5.44. The maximum Gasteiger partial charge on any atom is 0.403 e. The molecule has 1 aromatic carbocycles. The van der Waals surface area contributed by atoms with Gasteiger partial charge in [0.2, 0.25) is 0 Å². The Hall–Kier alpha value is -2.23. The smallest absolute Gasteiger partial charge is 0.403 e. The van der Waals surface area contributed by atoms with Gasteiger partial charge in [0.25, 0.3) is 0 Å². The summed E-state index contributed by atoms with van der Waals surface area (Å²) in [6, 6.07) is 4.12. The Labute approximate surface area is 194 Å². The minimum atomic E-state index is -1.64. The zero-order valence-electron chi connectivity index (χ0n) is 21.9. The molecule has 2 heterocycles. The van der Waals surface area contributed by atoms with Crippen LogP contribution >= 0.6 is 0 Å². The Balaban J connectivity index is 2.24. The van der Waals surface area contributed by atoms with Crippen LogP contribution in [0.4, 0.5) is 0 Å². The summed E-state index contributed by atoms with van der Waals surface area (Å²) in [7, 11) is 0. The Morgan fingerprint density at radius 3 is 1.78 bits per heavy atom. The zero-order chi connectivity index (χ0) is 24.5. The van der Waals surface area contributed by atoms with E-state index in [1.807, 2.05) is 12.1 Å². The predicted molar refractivity (Wildman–Crippen MR) is 129 cm³/mol. The number of carbonyl (C=O) groups excluding carboxylic acids is 1. The summed E-state index contributed by atoms with van der Waals surface area (Å²) in [5.74, 6) is -0.452. The molecule has 0 fully saturated rings. The largest absolute Gasteiger partial charge is 0.444 e. The third kappa shape index (κ3) is 4.46. The molecule has 0 aliphatic carbocycles. The second-order valence-corrected chi connectivity index (χ2v) is 13.2. The number of rotatable bonds is 0. The fraction of sp³-hybridized carbons (Fsp3) is 0.607. The third-order valence-electron chi connectivity index (χ3n) is 5.97. The van der Waals surface area contributed by atoms with Crippen molar-refractivity contribution in [3.05, 3.63) is 46.7 Å². The number of carbonyl (C=O) groups is 1. The van der Waals surface area contributed by atoms with Gasteiger partial charge in [-0.1, -0.05) is 89.2 Å². The van der Waals surface area contributed by atoms with Crippen LogP contribution in [0.1, 0.15) is 94.2 Å². The number of esters is 1. The number of fused-ring (bicyclic) bond motifs is 1. The van der Waals surface area contributed by atoms with Crippen molar-refractivity contribution in [1.82, 2.24) is 0 Å². The van der Waals surface area contributed by atoms with Crippen molar-refractivity contribution in [2.75, 3.05) is 0 Å². The van der Waals surface area contributed by atoms with Gasteiger partial charge in [0.1, 0.15) is 5.76 Å². The van der Waals surface area contributed by atoms with E-state index in [2.05, 4.69) is 89.2 Å². The fourth-order valence-corrected chi connectivity index (χ4v) is 3.71. The summed E-state index contributed by atoms with van der Waals surface area (Å²) in [6.45, 7) is 25.4. The molecule has 2 aliphatic rings. The van der Waals surface area contributed by atoms with E-state index in [0.29, 0.717) is 17.3 Å². The summed E-state index contributed by atoms with van der Waals surface area (Å²) >= 11 is 0. The van der Waals surface area contributed by atoms with Crippen LogP contribution in [0.25, 0.3) is 0 Å². The molecule has 0 radical (unpaired) electrons. The molecule has 2 aliphatic heterocycles. The van der Waals surface area contributed by atoms with Crippen LogP contribution in [0, 0.1) is 10.8 Å². The van der Waals surface area contributed by atoms with E-state index in [4.69, 9.17) is 14.2 Å². The minimum absolute atomic E-state index is 0.0939. The molecule has 0 amide bonds. The van der Waals surface area contributed by atoms with Gasteiger partial charge in [-0.3, -0.25) is 0 Å². The van der Waals surface area contributed by atoms with Gasteiger partial charge in [-0.25, -0.2) is 4.79 Å². The highest BCUT2D eigenvalue weighted by molar-refractivity contribution is 5.87. The van der Waals surface area contributed by atoms with E-state index >= 15 is 0 Å². The van der Waals surface area contributed by atoms with Crippen LogP contribution in [0.2, 0.25) is 0 Å². The summed E-state index contributed by atoms with van der Waals surface area (Å²) in [5.41, 5.74) is 2.24. The quantitative estimate of drug-likeness (QED) is 0.316. The summed E-state index contributed by atoms with van der Waals surface area (Å²) < 4.78 is 18.8. The molecule has 1 aromatic rings. The van der Waals surface area contributed by atoms with Crippen LogP contribution in [0.5, 0.6) is 11.5 Å². The van der Waals surface area contributed by atoms with Gasteiger partial charge in [0.05, 0.1) is 0 Å². The van der Waals surface area contributed by atoms with E-state index in [0.717, 1.165) is 16.7 Å². The second-order valence-electron chi connectivity index (χ2n) is 13.2. The monoisotopic (exact) mass is 440 g/mol. The predicted octanol–water partition coefficient (Wildman–Crippen LogP) is 7.21. The van der Waals surface area contributed by atoms with Gasteiger partial charge in [0, 0.05) is 17.1 Å². The molecule has 1 atom stereocenters. The lowest BCUT2D eigenvalue weighted by Gasteiger charge is -2.42. The molecule has 0 saturated heterocycles.